The number of carbonyl (C=O) groups excluding carboxylic acids is 2. The fraction of sp³-hybridized carbons (Fsp3) is 0.300. The second kappa shape index (κ2) is 9.50. The fourth-order valence-electron chi connectivity index (χ4n) is 2.64. The van der Waals surface area contributed by atoms with Crippen LogP contribution in [0, 0.1) is 5.82 Å². The molecule has 5 nitrogen and oxygen atoms in total. The quantitative estimate of drug-likeness (QED) is 0.643. The van der Waals surface area contributed by atoms with Crippen LogP contribution in [0.25, 0.3) is 0 Å². The molecule has 0 aliphatic rings. The van der Waals surface area contributed by atoms with Gasteiger partial charge >= 0.3 is 5.97 Å². The molecule has 0 unspecified atom stereocenters. The zero-order valence-corrected chi connectivity index (χ0v) is 17.0. The van der Waals surface area contributed by atoms with Crippen LogP contribution < -0.4 is 10.2 Å². The van der Waals surface area contributed by atoms with E-state index < -0.39 is 24.3 Å². The van der Waals surface area contributed by atoms with Crippen LogP contribution in [0.4, 0.5) is 15.8 Å². The fourth-order valence-corrected chi connectivity index (χ4v) is 3.16. The number of rotatable bonds is 7. The molecule has 2 aromatic rings. The van der Waals surface area contributed by atoms with Crippen molar-refractivity contribution in [2.75, 3.05) is 23.4 Å². The van der Waals surface area contributed by atoms with Crippen molar-refractivity contribution in [1.82, 2.24) is 0 Å². The number of ether oxygens (including phenoxy) is 1. The molecule has 2 aromatic carbocycles. The number of nitrogens with one attached hydrogen (secondary N) is 1. The number of esters is 1. The van der Waals surface area contributed by atoms with Crippen LogP contribution in [0.1, 0.15) is 31.1 Å². The lowest BCUT2D eigenvalue weighted by Crippen LogP contribution is -2.30. The molecule has 0 aromatic heterocycles. The van der Waals surface area contributed by atoms with E-state index in [0.29, 0.717) is 11.7 Å². The van der Waals surface area contributed by atoms with Gasteiger partial charge in [-0.2, -0.15) is 0 Å². The predicted octanol–water partition coefficient (Wildman–Crippen LogP) is 4.62. The normalized spacial score (nSPS) is 10.6. The number of hydrogen-bond donors (Lipinski definition) is 1. The van der Waals surface area contributed by atoms with Gasteiger partial charge in [-0.25, -0.2) is 9.18 Å². The smallest absolute Gasteiger partial charge is 0.339 e. The molecule has 1 N–H and O–H groups in total. The summed E-state index contributed by atoms with van der Waals surface area (Å²) in [6.45, 7) is 6.78. The molecule has 7 heteroatoms. The first-order valence-corrected chi connectivity index (χ1v) is 9.39. The maximum absolute atomic E-state index is 13.1. The molecule has 0 fully saturated rings. The molecule has 0 bridgehead atoms. The SMILES string of the molecule is CCN(c1ccc(NC(=O)COC(=O)c2ccc(F)cc2Br)cc1)C(C)C. The first kappa shape index (κ1) is 20.9. The number of halogens is 2. The van der Waals surface area contributed by atoms with Crippen molar-refractivity contribution in [3.63, 3.8) is 0 Å². The van der Waals surface area contributed by atoms with Gasteiger partial charge in [0.25, 0.3) is 5.91 Å². The van der Waals surface area contributed by atoms with Gasteiger partial charge in [-0.15, -0.1) is 0 Å². The predicted molar refractivity (Wildman–Crippen MR) is 108 cm³/mol. The number of anilines is 2. The van der Waals surface area contributed by atoms with Crippen LogP contribution in [0.15, 0.2) is 46.9 Å². The summed E-state index contributed by atoms with van der Waals surface area (Å²) in [5, 5.41) is 2.68. The summed E-state index contributed by atoms with van der Waals surface area (Å²) in [5.41, 5.74) is 1.84. The Balaban J connectivity index is 1.91. The Morgan fingerprint density at radius 3 is 2.41 bits per heavy atom. The maximum Gasteiger partial charge on any atom is 0.339 e. The lowest BCUT2D eigenvalue weighted by atomic mass is 10.2. The number of nitrogens with zero attached hydrogens (tertiary/aromatic N) is 1. The van der Waals surface area contributed by atoms with E-state index >= 15 is 0 Å². The largest absolute Gasteiger partial charge is 0.452 e. The van der Waals surface area contributed by atoms with Crippen LogP contribution in [0.2, 0.25) is 0 Å². The van der Waals surface area contributed by atoms with Crippen LogP contribution in [0.3, 0.4) is 0 Å². The van der Waals surface area contributed by atoms with Crippen molar-refractivity contribution in [2.45, 2.75) is 26.8 Å². The van der Waals surface area contributed by atoms with Gasteiger partial charge in [0.2, 0.25) is 0 Å². The number of hydrogen-bond acceptors (Lipinski definition) is 4. The average molecular weight is 437 g/mol. The van der Waals surface area contributed by atoms with Crippen molar-refractivity contribution in [3.8, 4) is 0 Å². The van der Waals surface area contributed by atoms with Gasteiger partial charge in [0.1, 0.15) is 5.82 Å². The molecule has 0 saturated heterocycles. The van der Waals surface area contributed by atoms with Crippen LogP contribution in [-0.2, 0) is 9.53 Å². The van der Waals surface area contributed by atoms with Gasteiger partial charge in [-0.1, -0.05) is 0 Å². The molecular formula is C20H22BrFN2O3. The molecule has 27 heavy (non-hydrogen) atoms. The van der Waals surface area contributed by atoms with Crippen molar-refractivity contribution >= 4 is 39.2 Å². The lowest BCUT2D eigenvalue weighted by molar-refractivity contribution is -0.119. The molecule has 2 rings (SSSR count). The molecule has 0 aliphatic heterocycles. The second-order valence-corrected chi connectivity index (χ2v) is 7.03. The third-order valence-electron chi connectivity index (χ3n) is 3.93. The van der Waals surface area contributed by atoms with Crippen LogP contribution in [-0.4, -0.2) is 31.1 Å². The Morgan fingerprint density at radius 1 is 1.19 bits per heavy atom. The van der Waals surface area contributed by atoms with Crippen molar-refractivity contribution < 1.29 is 18.7 Å². The van der Waals surface area contributed by atoms with Gasteiger partial charge in [0.05, 0.1) is 5.56 Å². The van der Waals surface area contributed by atoms with Gasteiger partial charge in [0, 0.05) is 28.4 Å². The highest BCUT2D eigenvalue weighted by Crippen LogP contribution is 2.20. The van der Waals surface area contributed by atoms with Crippen molar-refractivity contribution in [3.05, 3.63) is 58.3 Å². The summed E-state index contributed by atoms with van der Waals surface area (Å²) < 4.78 is 18.3. The standard InChI is InChI=1S/C20H22BrFN2O3/c1-4-24(13(2)3)16-8-6-15(7-9-16)23-19(25)12-27-20(26)17-10-5-14(22)11-18(17)21/h5-11,13H,4,12H2,1-3H3,(H,23,25). The van der Waals surface area contributed by atoms with E-state index in [2.05, 4.69) is 46.9 Å². The highest BCUT2D eigenvalue weighted by atomic mass is 79.9. The first-order valence-electron chi connectivity index (χ1n) is 8.60. The molecular weight excluding hydrogens is 415 g/mol. The molecule has 144 valence electrons. The monoisotopic (exact) mass is 436 g/mol. The summed E-state index contributed by atoms with van der Waals surface area (Å²) in [6, 6.07) is 11.5. The Labute approximate surface area is 166 Å². The highest BCUT2D eigenvalue weighted by molar-refractivity contribution is 9.10. The van der Waals surface area contributed by atoms with E-state index in [0.717, 1.165) is 24.4 Å². The summed E-state index contributed by atoms with van der Waals surface area (Å²) in [7, 11) is 0. The summed E-state index contributed by atoms with van der Waals surface area (Å²) in [5.74, 6) is -1.63. The summed E-state index contributed by atoms with van der Waals surface area (Å²) >= 11 is 3.10. The third kappa shape index (κ3) is 5.79. The van der Waals surface area contributed by atoms with Gasteiger partial charge in [-0.3, -0.25) is 4.79 Å². The van der Waals surface area contributed by atoms with Crippen LogP contribution in [0.5, 0.6) is 0 Å². The second-order valence-electron chi connectivity index (χ2n) is 6.18. The number of carbonyl (C=O) groups is 2. The van der Waals surface area contributed by atoms with E-state index in [-0.39, 0.29) is 10.0 Å². The van der Waals surface area contributed by atoms with E-state index in [4.69, 9.17) is 4.74 Å². The third-order valence-corrected chi connectivity index (χ3v) is 4.59. The molecule has 1 amide bonds. The van der Waals surface area contributed by atoms with E-state index in [1.54, 1.807) is 12.1 Å². The maximum atomic E-state index is 13.1. The van der Waals surface area contributed by atoms with Crippen LogP contribution >= 0.6 is 15.9 Å². The Bertz CT molecular complexity index is 809. The Kier molecular flexibility index (Phi) is 7.36. The zero-order chi connectivity index (χ0) is 20.0. The topological polar surface area (TPSA) is 58.6 Å². The molecule has 0 aliphatic carbocycles. The van der Waals surface area contributed by atoms with E-state index in [9.17, 15) is 14.0 Å². The minimum absolute atomic E-state index is 0.155. The minimum Gasteiger partial charge on any atom is -0.452 e. The van der Waals surface area contributed by atoms with Gasteiger partial charge in [0.15, 0.2) is 6.61 Å². The van der Waals surface area contributed by atoms with E-state index in [1.165, 1.54) is 6.07 Å². The summed E-state index contributed by atoms with van der Waals surface area (Å²) in [6.07, 6.45) is 0. The average Bonchev–Trinajstić information content (AvgIpc) is 2.61. The molecule has 0 spiro atoms. The molecule has 0 atom stereocenters. The molecule has 0 heterocycles. The van der Waals surface area contributed by atoms with Crippen molar-refractivity contribution in [2.24, 2.45) is 0 Å². The Hall–Kier alpha value is -2.41. The van der Waals surface area contributed by atoms with Crippen molar-refractivity contribution in [1.29, 1.82) is 0 Å². The van der Waals surface area contributed by atoms with Gasteiger partial charge in [-0.05, 0) is 79.2 Å². The first-order chi connectivity index (χ1) is 12.8. The Morgan fingerprint density at radius 2 is 1.85 bits per heavy atom. The molecule has 0 saturated carbocycles. The summed E-state index contributed by atoms with van der Waals surface area (Å²) in [4.78, 5) is 26.2. The van der Waals surface area contributed by atoms with Gasteiger partial charge < -0.3 is 15.0 Å². The lowest BCUT2D eigenvalue weighted by Gasteiger charge is -2.27. The number of amides is 1. The molecule has 0 radical (unpaired) electrons. The highest BCUT2D eigenvalue weighted by Gasteiger charge is 2.14. The zero-order valence-electron chi connectivity index (χ0n) is 15.5. The number of benzene rings is 2. The van der Waals surface area contributed by atoms with E-state index in [1.807, 2.05) is 12.1 Å². The minimum atomic E-state index is -0.706.